The van der Waals surface area contributed by atoms with Crippen LogP contribution in [0.5, 0.6) is 0 Å². The number of rotatable bonds is 6. The van der Waals surface area contributed by atoms with Gasteiger partial charge < -0.3 is 4.57 Å². The van der Waals surface area contributed by atoms with Crippen LogP contribution in [-0.4, -0.2) is 33.5 Å². The van der Waals surface area contributed by atoms with Crippen molar-refractivity contribution in [2.24, 2.45) is 0 Å². The Labute approximate surface area is 338 Å². The quantitative estimate of drug-likeness (QED) is 0.169. The SMILES string of the molecule is c1ccc(-c2nc(-c3ccccc3)nc(-c3cccc(-n4c5ccccc5c5ccc(-c6ccc7c(c6)n6c8ccccc8nc6n7-c6ccccc6)cc54)c3)n2)cc1. The minimum Gasteiger partial charge on any atom is -0.309 e. The number of benzene rings is 8. The molecule has 8 aromatic carbocycles. The highest BCUT2D eigenvalue weighted by Crippen LogP contribution is 2.38. The van der Waals surface area contributed by atoms with E-state index in [-0.39, 0.29) is 0 Å². The predicted octanol–water partition coefficient (Wildman–Crippen LogP) is 12.4. The van der Waals surface area contributed by atoms with E-state index in [2.05, 4.69) is 147 Å². The second kappa shape index (κ2) is 13.2. The summed E-state index contributed by atoms with van der Waals surface area (Å²) in [6.07, 6.45) is 0. The fourth-order valence-electron chi connectivity index (χ4n) is 8.56. The van der Waals surface area contributed by atoms with Crippen LogP contribution in [0.2, 0.25) is 0 Å². The summed E-state index contributed by atoms with van der Waals surface area (Å²) >= 11 is 0. The Morgan fingerprint density at radius 2 is 0.831 bits per heavy atom. The number of hydrogen-bond donors (Lipinski definition) is 0. The Morgan fingerprint density at radius 1 is 0.288 bits per heavy atom. The Balaban J connectivity index is 1.04. The molecule has 0 saturated carbocycles. The van der Waals surface area contributed by atoms with Crippen molar-refractivity contribution in [3.8, 4) is 56.7 Å². The summed E-state index contributed by atoms with van der Waals surface area (Å²) in [4.78, 5) is 20.1. The van der Waals surface area contributed by atoms with Gasteiger partial charge >= 0.3 is 0 Å². The molecule has 0 aliphatic carbocycles. The first-order chi connectivity index (χ1) is 29.2. The van der Waals surface area contributed by atoms with E-state index in [0.29, 0.717) is 17.5 Å². The van der Waals surface area contributed by atoms with Gasteiger partial charge in [0.2, 0.25) is 5.78 Å². The molecule has 0 fully saturated rings. The zero-order valence-electron chi connectivity index (χ0n) is 31.7. The molecule has 4 heterocycles. The molecule has 12 aromatic rings. The number of fused-ring (bicyclic) bond motifs is 8. The van der Waals surface area contributed by atoms with Crippen LogP contribution in [0.3, 0.4) is 0 Å². The molecule has 0 saturated heterocycles. The average Bonchev–Trinajstić information content (AvgIpc) is 3.96. The Hall–Kier alpha value is -8.16. The molecule has 276 valence electrons. The first-order valence-corrected chi connectivity index (χ1v) is 19.7. The van der Waals surface area contributed by atoms with Gasteiger partial charge in [-0.25, -0.2) is 19.9 Å². The van der Waals surface area contributed by atoms with Gasteiger partial charge in [-0.05, 0) is 71.8 Å². The lowest BCUT2D eigenvalue weighted by atomic mass is 10.0. The van der Waals surface area contributed by atoms with Gasteiger partial charge in [-0.15, -0.1) is 0 Å². The highest BCUT2D eigenvalue weighted by atomic mass is 15.2. The van der Waals surface area contributed by atoms with Crippen LogP contribution >= 0.6 is 0 Å². The van der Waals surface area contributed by atoms with Crippen molar-refractivity contribution in [2.75, 3.05) is 0 Å². The van der Waals surface area contributed by atoms with Crippen molar-refractivity contribution >= 4 is 49.7 Å². The summed E-state index contributed by atoms with van der Waals surface area (Å²) in [6, 6.07) is 69.8. The summed E-state index contributed by atoms with van der Waals surface area (Å²) in [5, 5.41) is 2.38. The van der Waals surface area contributed by atoms with Crippen molar-refractivity contribution < 1.29 is 0 Å². The summed E-state index contributed by atoms with van der Waals surface area (Å²) < 4.78 is 6.90. The molecule has 0 spiro atoms. The third-order valence-corrected chi connectivity index (χ3v) is 11.3. The molecule has 59 heavy (non-hydrogen) atoms. The predicted molar refractivity (Wildman–Crippen MR) is 239 cm³/mol. The van der Waals surface area contributed by atoms with Gasteiger partial charge in [0.25, 0.3) is 0 Å². The molecule has 0 radical (unpaired) electrons. The molecule has 0 bridgehead atoms. The maximum absolute atomic E-state index is 5.12. The van der Waals surface area contributed by atoms with Gasteiger partial charge in [0.15, 0.2) is 17.5 Å². The number of imidazole rings is 2. The molecule has 0 N–H and O–H groups in total. The minimum atomic E-state index is 0.620. The van der Waals surface area contributed by atoms with Crippen LogP contribution in [0.25, 0.3) is 106 Å². The van der Waals surface area contributed by atoms with E-state index < -0.39 is 0 Å². The van der Waals surface area contributed by atoms with Crippen molar-refractivity contribution in [3.05, 3.63) is 200 Å². The molecule has 12 rings (SSSR count). The maximum Gasteiger partial charge on any atom is 0.220 e. The average molecular weight is 756 g/mol. The van der Waals surface area contributed by atoms with Crippen LogP contribution in [-0.2, 0) is 0 Å². The molecule has 7 heteroatoms. The Morgan fingerprint density at radius 3 is 1.56 bits per heavy atom. The van der Waals surface area contributed by atoms with E-state index >= 15 is 0 Å². The first kappa shape index (κ1) is 33.0. The van der Waals surface area contributed by atoms with Crippen molar-refractivity contribution in [2.45, 2.75) is 0 Å². The normalized spacial score (nSPS) is 11.7. The standard InChI is InChI=1S/C52H33N7/c1-4-15-34(16-5-1)49-54-50(35-17-6-2-7-18-35)56-51(55-49)38-19-14-22-40(31-38)57-44-25-12-10-23-41(44)42-29-27-36(32-47(42)57)37-28-30-46-48(33-37)59-45-26-13-11-24-43(45)53-52(59)58(46)39-20-8-3-9-21-39/h1-33H. The molecule has 0 amide bonds. The lowest BCUT2D eigenvalue weighted by molar-refractivity contribution is 1.07. The third-order valence-electron chi connectivity index (χ3n) is 11.3. The van der Waals surface area contributed by atoms with Crippen molar-refractivity contribution in [3.63, 3.8) is 0 Å². The molecule has 0 unspecified atom stereocenters. The van der Waals surface area contributed by atoms with E-state index in [9.17, 15) is 0 Å². The van der Waals surface area contributed by atoms with Crippen molar-refractivity contribution in [1.82, 2.24) is 33.5 Å². The van der Waals surface area contributed by atoms with Gasteiger partial charge in [-0.3, -0.25) is 8.97 Å². The van der Waals surface area contributed by atoms with Gasteiger partial charge in [-0.1, -0.05) is 140 Å². The second-order valence-electron chi connectivity index (χ2n) is 14.8. The number of hydrogen-bond acceptors (Lipinski definition) is 4. The van der Waals surface area contributed by atoms with Gasteiger partial charge in [0, 0.05) is 38.8 Å². The second-order valence-corrected chi connectivity index (χ2v) is 14.8. The lowest BCUT2D eigenvalue weighted by Crippen LogP contribution is -2.01. The number of aromatic nitrogens is 7. The Kier molecular flexibility index (Phi) is 7.40. The topological polar surface area (TPSA) is 65.8 Å². The molecule has 0 aliphatic rings. The zero-order valence-corrected chi connectivity index (χ0v) is 31.7. The maximum atomic E-state index is 5.12. The molecule has 0 aliphatic heterocycles. The van der Waals surface area contributed by atoms with Crippen LogP contribution in [0.1, 0.15) is 0 Å². The molecular weight excluding hydrogens is 723 g/mol. The summed E-state index contributed by atoms with van der Waals surface area (Å²) in [7, 11) is 0. The van der Waals surface area contributed by atoms with Crippen LogP contribution in [0.4, 0.5) is 0 Å². The Bertz CT molecular complexity index is 3490. The summed E-state index contributed by atoms with van der Waals surface area (Å²) in [5.74, 6) is 2.79. The molecule has 7 nitrogen and oxygen atoms in total. The molecular formula is C52H33N7. The monoisotopic (exact) mass is 755 g/mol. The summed E-state index contributed by atoms with van der Waals surface area (Å²) in [6.45, 7) is 0. The fourth-order valence-corrected chi connectivity index (χ4v) is 8.56. The van der Waals surface area contributed by atoms with E-state index in [4.69, 9.17) is 19.9 Å². The van der Waals surface area contributed by atoms with Crippen molar-refractivity contribution in [1.29, 1.82) is 0 Å². The smallest absolute Gasteiger partial charge is 0.220 e. The van der Waals surface area contributed by atoms with E-state index in [1.807, 2.05) is 66.7 Å². The molecule has 0 atom stereocenters. The number of para-hydroxylation sites is 4. The number of nitrogens with zero attached hydrogens (tertiary/aromatic N) is 7. The van der Waals surface area contributed by atoms with E-state index in [0.717, 1.165) is 78.1 Å². The van der Waals surface area contributed by atoms with Gasteiger partial charge in [0.1, 0.15) is 0 Å². The van der Waals surface area contributed by atoms with Gasteiger partial charge in [0.05, 0.1) is 33.1 Å². The highest BCUT2D eigenvalue weighted by molar-refractivity contribution is 6.10. The summed E-state index contributed by atoms with van der Waals surface area (Å²) in [5.41, 5.74) is 13.6. The zero-order chi connectivity index (χ0) is 38.9. The lowest BCUT2D eigenvalue weighted by Gasteiger charge is -2.12. The van der Waals surface area contributed by atoms with Crippen LogP contribution < -0.4 is 0 Å². The molecule has 4 aromatic heterocycles. The third kappa shape index (κ3) is 5.36. The van der Waals surface area contributed by atoms with E-state index in [1.54, 1.807) is 0 Å². The first-order valence-electron chi connectivity index (χ1n) is 19.7. The highest BCUT2D eigenvalue weighted by Gasteiger charge is 2.20. The fraction of sp³-hybridized carbons (Fsp3) is 0. The van der Waals surface area contributed by atoms with E-state index in [1.165, 1.54) is 10.8 Å². The van der Waals surface area contributed by atoms with Crippen LogP contribution in [0.15, 0.2) is 200 Å². The largest absolute Gasteiger partial charge is 0.309 e. The van der Waals surface area contributed by atoms with Crippen LogP contribution in [0, 0.1) is 0 Å². The van der Waals surface area contributed by atoms with Gasteiger partial charge in [-0.2, -0.15) is 0 Å². The minimum absolute atomic E-state index is 0.620.